The number of nitrogens with one attached hydrogen (secondary N) is 1. The zero-order valence-electron chi connectivity index (χ0n) is 26.7. The average Bonchev–Trinajstić information content (AvgIpc) is 3.54. The Bertz CT molecular complexity index is 2070. The second-order valence-corrected chi connectivity index (χ2v) is 13.5. The second kappa shape index (κ2) is 11.4. The Morgan fingerprint density at radius 3 is 2.65 bits per heavy atom. The minimum Gasteiger partial charge on any atom is -0.444 e. The van der Waals surface area contributed by atoms with E-state index in [2.05, 4.69) is 30.7 Å². The molecule has 48 heavy (non-hydrogen) atoms. The number of piperidine rings is 1. The number of hydrogen-bond donors (Lipinski definition) is 1. The molecule has 12 heteroatoms. The van der Waals surface area contributed by atoms with Crippen molar-refractivity contribution in [3.8, 4) is 29.1 Å². The molecule has 4 aliphatic rings. The Labute approximate surface area is 276 Å². The van der Waals surface area contributed by atoms with E-state index in [0.29, 0.717) is 23.2 Å². The Morgan fingerprint density at radius 2 is 1.90 bits per heavy atom. The molecule has 1 aliphatic carbocycles. The van der Waals surface area contributed by atoms with Crippen LogP contribution in [0.25, 0.3) is 22.6 Å². The molecule has 2 aromatic carbocycles. The zero-order chi connectivity index (χ0) is 32.4. The van der Waals surface area contributed by atoms with E-state index >= 15 is 4.39 Å². The zero-order valence-corrected chi connectivity index (χ0v) is 26.7. The van der Waals surface area contributed by atoms with Gasteiger partial charge in [0.15, 0.2) is 17.3 Å². The number of nitriles is 1. The second-order valence-electron chi connectivity index (χ2n) is 13.5. The quantitative estimate of drug-likeness (QED) is 0.219. The molecule has 0 bridgehead atoms. The molecular formula is C36H35FN8O3. The molecule has 0 radical (unpaired) electrons. The topological polar surface area (TPSA) is 127 Å². The summed E-state index contributed by atoms with van der Waals surface area (Å²) in [6, 6.07) is 14.3. The highest BCUT2D eigenvalue weighted by Crippen LogP contribution is 2.50. The summed E-state index contributed by atoms with van der Waals surface area (Å²) in [6.45, 7) is 5.79. The SMILES string of the molecule is CC1(c2ccc(C#N)cc2F)Oc2cccc(C3CCN(Cc4nc5cc(-c6nnc(C7CC7)[nH]6)ncc5n4C[C@@H]4CCO4)CC3)c2O1. The van der Waals surface area contributed by atoms with Gasteiger partial charge in [-0.1, -0.05) is 12.1 Å². The third-order valence-corrected chi connectivity index (χ3v) is 10.2. The molecule has 0 amide bonds. The van der Waals surface area contributed by atoms with Crippen molar-refractivity contribution in [2.75, 3.05) is 19.7 Å². The fourth-order valence-electron chi connectivity index (χ4n) is 7.22. The Kier molecular flexibility index (Phi) is 6.95. The van der Waals surface area contributed by atoms with Gasteiger partial charge in [0, 0.05) is 25.0 Å². The first kappa shape index (κ1) is 29.3. The predicted octanol–water partition coefficient (Wildman–Crippen LogP) is 5.92. The highest BCUT2D eigenvalue weighted by Gasteiger charge is 2.43. The number of aromatic amines is 1. The van der Waals surface area contributed by atoms with Crippen molar-refractivity contribution in [3.05, 3.63) is 82.8 Å². The number of likely N-dealkylation sites (tertiary alicyclic amines) is 1. The lowest BCUT2D eigenvalue weighted by atomic mass is 9.88. The van der Waals surface area contributed by atoms with Gasteiger partial charge < -0.3 is 23.8 Å². The molecule has 2 atom stereocenters. The fourth-order valence-corrected chi connectivity index (χ4v) is 7.22. The molecule has 1 saturated carbocycles. The summed E-state index contributed by atoms with van der Waals surface area (Å²) in [6.07, 6.45) is 7.33. The van der Waals surface area contributed by atoms with Crippen LogP contribution in [0.3, 0.4) is 0 Å². The number of nitrogens with zero attached hydrogens (tertiary/aromatic N) is 7. The Balaban J connectivity index is 0.922. The summed E-state index contributed by atoms with van der Waals surface area (Å²) < 4.78 is 35.7. The van der Waals surface area contributed by atoms with Gasteiger partial charge in [-0.2, -0.15) is 5.26 Å². The summed E-state index contributed by atoms with van der Waals surface area (Å²) in [4.78, 5) is 15.7. The van der Waals surface area contributed by atoms with Gasteiger partial charge in [0.25, 0.3) is 5.79 Å². The average molecular weight is 647 g/mol. The Morgan fingerprint density at radius 1 is 1.04 bits per heavy atom. The standard InChI is InChI=1S/C36H35FN8O3/c1-36(26-8-5-21(17-38)15-27(26)37)47-31-4-2-3-25(33(31)48-36)22-9-12-44(13-10-22)20-32-40-28-16-29(35-41-34(42-43-35)23-6-7-23)39-18-30(28)45(32)19-24-11-14-46-24/h2-5,8,15-16,18,22-24H,6-7,9-14,19-20H2,1H3,(H,41,42,43)/t24-,36?/m0/s1. The van der Waals surface area contributed by atoms with Gasteiger partial charge in [-0.15, -0.1) is 10.2 Å². The van der Waals surface area contributed by atoms with Gasteiger partial charge in [0.05, 0.1) is 53.6 Å². The van der Waals surface area contributed by atoms with Crippen molar-refractivity contribution in [1.29, 1.82) is 5.26 Å². The summed E-state index contributed by atoms with van der Waals surface area (Å²) in [5, 5.41) is 17.9. The minimum atomic E-state index is -1.32. The van der Waals surface area contributed by atoms with Crippen LogP contribution in [0.15, 0.2) is 48.7 Å². The van der Waals surface area contributed by atoms with E-state index in [9.17, 15) is 0 Å². The Hall–Kier alpha value is -4.86. The van der Waals surface area contributed by atoms with Gasteiger partial charge in [0.1, 0.15) is 23.2 Å². The number of ether oxygens (including phenoxy) is 3. The lowest BCUT2D eigenvalue weighted by Gasteiger charge is -2.33. The third kappa shape index (κ3) is 5.18. The molecule has 6 heterocycles. The maximum Gasteiger partial charge on any atom is 0.278 e. The van der Waals surface area contributed by atoms with E-state index in [1.54, 1.807) is 19.1 Å². The van der Waals surface area contributed by atoms with Crippen molar-refractivity contribution in [3.63, 3.8) is 0 Å². The first-order valence-corrected chi connectivity index (χ1v) is 16.8. The van der Waals surface area contributed by atoms with Crippen LogP contribution in [-0.4, -0.2) is 60.4 Å². The molecule has 0 spiro atoms. The molecule has 1 N–H and O–H groups in total. The van der Waals surface area contributed by atoms with Crippen molar-refractivity contribution >= 4 is 11.0 Å². The van der Waals surface area contributed by atoms with Crippen LogP contribution < -0.4 is 9.47 Å². The van der Waals surface area contributed by atoms with Crippen LogP contribution in [0.4, 0.5) is 4.39 Å². The number of rotatable bonds is 8. The van der Waals surface area contributed by atoms with Crippen LogP contribution >= 0.6 is 0 Å². The largest absolute Gasteiger partial charge is 0.444 e. The number of benzene rings is 2. The summed E-state index contributed by atoms with van der Waals surface area (Å²) in [5.41, 5.74) is 4.24. The highest BCUT2D eigenvalue weighted by molar-refractivity contribution is 5.79. The number of para-hydroxylation sites is 1. The molecule has 1 unspecified atom stereocenters. The molecule has 5 aromatic rings. The molecule has 3 aromatic heterocycles. The van der Waals surface area contributed by atoms with Gasteiger partial charge in [0.2, 0.25) is 0 Å². The van der Waals surface area contributed by atoms with E-state index in [1.807, 2.05) is 30.5 Å². The predicted molar refractivity (Wildman–Crippen MR) is 173 cm³/mol. The van der Waals surface area contributed by atoms with E-state index in [0.717, 1.165) is 98.8 Å². The maximum atomic E-state index is 15.0. The number of aromatic nitrogens is 6. The highest BCUT2D eigenvalue weighted by atomic mass is 19.1. The first-order valence-electron chi connectivity index (χ1n) is 16.8. The number of imidazole rings is 1. The first-order chi connectivity index (χ1) is 23.4. The van der Waals surface area contributed by atoms with Crippen LogP contribution in [0.2, 0.25) is 0 Å². The van der Waals surface area contributed by atoms with E-state index in [-0.39, 0.29) is 23.1 Å². The van der Waals surface area contributed by atoms with Crippen LogP contribution in [0.5, 0.6) is 11.5 Å². The number of fused-ring (bicyclic) bond motifs is 2. The summed E-state index contributed by atoms with van der Waals surface area (Å²) >= 11 is 0. The molecule has 244 valence electrons. The minimum absolute atomic E-state index is 0.188. The lowest BCUT2D eigenvalue weighted by molar-refractivity contribution is -0.0712. The van der Waals surface area contributed by atoms with Gasteiger partial charge in [-0.3, -0.25) is 9.88 Å². The molecule has 2 saturated heterocycles. The van der Waals surface area contributed by atoms with E-state index in [4.69, 9.17) is 29.4 Å². The lowest BCUT2D eigenvalue weighted by Crippen LogP contribution is -2.35. The number of H-pyrrole nitrogens is 1. The number of pyridine rings is 1. The van der Waals surface area contributed by atoms with Gasteiger partial charge in [-0.25, -0.2) is 9.37 Å². The maximum absolute atomic E-state index is 15.0. The van der Waals surface area contributed by atoms with Crippen LogP contribution in [0, 0.1) is 17.1 Å². The van der Waals surface area contributed by atoms with Crippen molar-refractivity contribution < 1.29 is 18.6 Å². The molecule has 9 rings (SSSR count). The summed E-state index contributed by atoms with van der Waals surface area (Å²) in [7, 11) is 0. The van der Waals surface area contributed by atoms with Crippen LogP contribution in [-0.2, 0) is 23.6 Å². The van der Waals surface area contributed by atoms with E-state index in [1.165, 1.54) is 6.07 Å². The molecule has 3 aliphatic heterocycles. The van der Waals surface area contributed by atoms with Gasteiger partial charge in [-0.05, 0) is 81.4 Å². The molecule has 3 fully saturated rings. The smallest absolute Gasteiger partial charge is 0.278 e. The van der Waals surface area contributed by atoms with Crippen molar-refractivity contribution in [1.82, 2.24) is 34.6 Å². The molecular weight excluding hydrogens is 611 g/mol. The van der Waals surface area contributed by atoms with Crippen molar-refractivity contribution in [2.45, 2.75) is 75.8 Å². The fraction of sp³-hybridized carbons (Fsp3) is 0.417. The normalized spacial score (nSPS) is 22.6. The van der Waals surface area contributed by atoms with Gasteiger partial charge >= 0.3 is 0 Å². The molecule has 11 nitrogen and oxygen atoms in total. The summed E-state index contributed by atoms with van der Waals surface area (Å²) in [5.74, 6) is 2.83. The van der Waals surface area contributed by atoms with E-state index < -0.39 is 11.6 Å². The van der Waals surface area contributed by atoms with Crippen molar-refractivity contribution in [2.24, 2.45) is 0 Å². The number of halogens is 1. The van der Waals surface area contributed by atoms with Crippen LogP contribution in [0.1, 0.15) is 79.2 Å². The monoisotopic (exact) mass is 646 g/mol. The third-order valence-electron chi connectivity index (χ3n) is 10.2. The number of hydrogen-bond acceptors (Lipinski definition) is 9.